The summed E-state index contributed by atoms with van der Waals surface area (Å²) >= 11 is 0. The van der Waals surface area contributed by atoms with E-state index in [4.69, 9.17) is 4.74 Å². The molecule has 3 heterocycles. The Bertz CT molecular complexity index is 1350. The van der Waals surface area contributed by atoms with Crippen LogP contribution in [0.15, 0.2) is 47.5 Å². The first-order chi connectivity index (χ1) is 15.4. The van der Waals surface area contributed by atoms with Crippen molar-refractivity contribution in [2.75, 3.05) is 6.61 Å². The van der Waals surface area contributed by atoms with Crippen LogP contribution in [0.4, 0.5) is 0 Å². The van der Waals surface area contributed by atoms with Gasteiger partial charge in [0.05, 0.1) is 35.9 Å². The highest BCUT2D eigenvalue weighted by Gasteiger charge is 2.21. The average Bonchev–Trinajstić information content (AvgIpc) is 3.35. The molecule has 4 aromatic rings. The third-order valence-electron chi connectivity index (χ3n) is 5.67. The van der Waals surface area contributed by atoms with Crippen LogP contribution in [0.5, 0.6) is 0 Å². The second kappa shape index (κ2) is 8.80. The number of nitrogens with one attached hydrogen (secondary N) is 1. The highest BCUT2D eigenvalue weighted by atomic mass is 16.5. The molecule has 32 heavy (non-hydrogen) atoms. The molecule has 0 bridgehead atoms. The van der Waals surface area contributed by atoms with Gasteiger partial charge in [-0.3, -0.25) is 9.48 Å². The molecule has 3 aromatic heterocycles. The van der Waals surface area contributed by atoms with Crippen LogP contribution in [0.2, 0.25) is 0 Å². The molecule has 1 N–H and O–H groups in total. The first-order valence-corrected chi connectivity index (χ1v) is 10.4. The van der Waals surface area contributed by atoms with Crippen molar-refractivity contribution in [3.8, 4) is 5.69 Å². The van der Waals surface area contributed by atoms with Crippen LogP contribution in [-0.2, 0) is 31.9 Å². The highest BCUT2D eigenvalue weighted by Crippen LogP contribution is 2.23. The van der Waals surface area contributed by atoms with Crippen LogP contribution < -0.4 is 10.9 Å². The van der Waals surface area contributed by atoms with Gasteiger partial charge in [0, 0.05) is 49.9 Å². The van der Waals surface area contributed by atoms with Crippen molar-refractivity contribution >= 4 is 16.9 Å². The topological polar surface area (TPSA) is 96.0 Å². The number of carbonyl (C=O) groups excluding carboxylic acids is 1. The summed E-state index contributed by atoms with van der Waals surface area (Å²) in [7, 11) is 3.63. The van der Waals surface area contributed by atoms with Gasteiger partial charge < -0.3 is 14.6 Å². The summed E-state index contributed by atoms with van der Waals surface area (Å²) in [5.41, 5.74) is 4.37. The number of pyridine rings is 1. The average molecular weight is 435 g/mol. The number of aromatic nitrogens is 5. The number of esters is 1. The number of para-hydroxylation sites is 1. The molecule has 0 unspecified atom stereocenters. The van der Waals surface area contributed by atoms with Gasteiger partial charge in [0.2, 0.25) is 0 Å². The first kappa shape index (κ1) is 21.5. The molecule has 166 valence electrons. The van der Waals surface area contributed by atoms with Crippen LogP contribution in [0.1, 0.15) is 34.2 Å². The molecule has 1 aromatic carbocycles. The van der Waals surface area contributed by atoms with Crippen molar-refractivity contribution < 1.29 is 9.53 Å². The normalized spacial score (nSPS) is 11.2. The van der Waals surface area contributed by atoms with E-state index in [1.54, 1.807) is 29.3 Å². The van der Waals surface area contributed by atoms with Crippen LogP contribution in [0.25, 0.3) is 16.6 Å². The number of ether oxygens (including phenoxy) is 1. The van der Waals surface area contributed by atoms with E-state index in [0.29, 0.717) is 30.0 Å². The van der Waals surface area contributed by atoms with Crippen molar-refractivity contribution in [2.24, 2.45) is 14.1 Å². The molecule has 0 atom stereocenters. The van der Waals surface area contributed by atoms with E-state index in [1.807, 2.05) is 49.1 Å². The minimum absolute atomic E-state index is 0.156. The molecule has 0 fully saturated rings. The number of hydrogen-bond donors (Lipinski definition) is 1. The monoisotopic (exact) mass is 434 g/mol. The Balaban J connectivity index is 1.77. The fourth-order valence-corrected chi connectivity index (χ4v) is 3.73. The summed E-state index contributed by atoms with van der Waals surface area (Å²) in [5.74, 6) is -0.443. The summed E-state index contributed by atoms with van der Waals surface area (Å²) in [5, 5.41) is 13.0. The van der Waals surface area contributed by atoms with Crippen LogP contribution in [0.3, 0.4) is 0 Å². The molecule has 4 rings (SSSR count). The molecular formula is C23H26N6O3. The third-order valence-corrected chi connectivity index (χ3v) is 5.67. The SMILES string of the molecule is CCOC(=O)c1cnn(-c2cc(=O)n(C)c3ccccc23)c1CNCc1cnn(C)c1C. The Labute approximate surface area is 185 Å². The van der Waals surface area contributed by atoms with Gasteiger partial charge >= 0.3 is 5.97 Å². The summed E-state index contributed by atoms with van der Waals surface area (Å²) < 4.78 is 10.3. The number of benzene rings is 1. The summed E-state index contributed by atoms with van der Waals surface area (Å²) in [4.78, 5) is 25.2. The fraction of sp³-hybridized carbons (Fsp3) is 0.304. The van der Waals surface area contributed by atoms with Gasteiger partial charge in [-0.25, -0.2) is 9.48 Å². The van der Waals surface area contributed by atoms with Gasteiger partial charge in [0.1, 0.15) is 5.56 Å². The van der Waals surface area contributed by atoms with E-state index in [0.717, 1.165) is 22.2 Å². The number of fused-ring (bicyclic) bond motifs is 1. The fourth-order valence-electron chi connectivity index (χ4n) is 3.73. The van der Waals surface area contributed by atoms with Gasteiger partial charge in [-0.05, 0) is 19.9 Å². The first-order valence-electron chi connectivity index (χ1n) is 10.4. The lowest BCUT2D eigenvalue weighted by Gasteiger charge is -2.14. The van der Waals surface area contributed by atoms with Crippen molar-refractivity contribution in [3.05, 3.63) is 75.6 Å². The van der Waals surface area contributed by atoms with Gasteiger partial charge in [-0.15, -0.1) is 0 Å². The Morgan fingerprint density at radius 3 is 2.62 bits per heavy atom. The van der Waals surface area contributed by atoms with E-state index in [-0.39, 0.29) is 12.2 Å². The smallest absolute Gasteiger partial charge is 0.341 e. The Morgan fingerprint density at radius 2 is 1.91 bits per heavy atom. The van der Waals surface area contributed by atoms with Crippen molar-refractivity contribution in [3.63, 3.8) is 0 Å². The maximum Gasteiger partial charge on any atom is 0.341 e. The van der Waals surface area contributed by atoms with Gasteiger partial charge in [-0.1, -0.05) is 18.2 Å². The molecule has 0 aliphatic rings. The summed E-state index contributed by atoms with van der Waals surface area (Å²) in [6.45, 7) is 4.96. The lowest BCUT2D eigenvalue weighted by molar-refractivity contribution is 0.0525. The predicted molar refractivity (Wildman–Crippen MR) is 121 cm³/mol. The molecule has 9 nitrogen and oxygen atoms in total. The van der Waals surface area contributed by atoms with Gasteiger partial charge in [0.15, 0.2) is 0 Å². The summed E-state index contributed by atoms with van der Waals surface area (Å²) in [6.07, 6.45) is 3.32. The van der Waals surface area contributed by atoms with E-state index in [9.17, 15) is 9.59 Å². The molecule has 0 spiro atoms. The van der Waals surface area contributed by atoms with E-state index < -0.39 is 5.97 Å². The van der Waals surface area contributed by atoms with Crippen molar-refractivity contribution in [2.45, 2.75) is 26.9 Å². The Kier molecular flexibility index (Phi) is 5.91. The molecule has 0 aliphatic carbocycles. The largest absolute Gasteiger partial charge is 0.462 e. The van der Waals surface area contributed by atoms with Crippen molar-refractivity contribution in [1.29, 1.82) is 0 Å². The van der Waals surface area contributed by atoms with Crippen LogP contribution >= 0.6 is 0 Å². The maximum atomic E-state index is 12.6. The molecule has 9 heteroatoms. The van der Waals surface area contributed by atoms with Crippen LogP contribution in [0, 0.1) is 6.92 Å². The van der Waals surface area contributed by atoms with Crippen molar-refractivity contribution in [1.82, 2.24) is 29.4 Å². The second-order valence-electron chi connectivity index (χ2n) is 7.56. The zero-order chi connectivity index (χ0) is 22.8. The zero-order valence-electron chi connectivity index (χ0n) is 18.6. The quantitative estimate of drug-likeness (QED) is 0.448. The molecule has 0 saturated carbocycles. The molecule has 0 amide bonds. The van der Waals surface area contributed by atoms with Crippen LogP contribution in [-0.4, -0.2) is 36.7 Å². The lowest BCUT2D eigenvalue weighted by Crippen LogP contribution is -2.21. The second-order valence-corrected chi connectivity index (χ2v) is 7.56. The number of aryl methyl sites for hydroxylation is 2. The highest BCUT2D eigenvalue weighted by molar-refractivity contribution is 5.92. The predicted octanol–water partition coefficient (Wildman–Crippen LogP) is 2.23. The minimum atomic E-state index is -0.443. The zero-order valence-corrected chi connectivity index (χ0v) is 18.6. The number of hydrogen-bond acceptors (Lipinski definition) is 6. The summed E-state index contributed by atoms with van der Waals surface area (Å²) in [6, 6.07) is 9.16. The number of nitrogens with zero attached hydrogens (tertiary/aromatic N) is 5. The Hall–Kier alpha value is -3.72. The van der Waals surface area contributed by atoms with Gasteiger partial charge in [-0.2, -0.15) is 10.2 Å². The molecule has 0 aliphatic heterocycles. The minimum Gasteiger partial charge on any atom is -0.462 e. The third kappa shape index (κ3) is 3.82. The number of rotatable bonds is 7. The lowest BCUT2D eigenvalue weighted by atomic mass is 10.1. The maximum absolute atomic E-state index is 12.6. The van der Waals surface area contributed by atoms with E-state index in [2.05, 4.69) is 15.5 Å². The Morgan fingerprint density at radius 1 is 1.12 bits per heavy atom. The van der Waals surface area contributed by atoms with E-state index >= 15 is 0 Å². The molecule has 0 radical (unpaired) electrons. The molecular weight excluding hydrogens is 408 g/mol. The standard InChI is InChI=1S/C23H26N6O3/c1-5-32-23(31)18-13-26-29(21(18)14-24-11-16-12-25-28(4)15(16)2)20-10-22(30)27(3)19-9-7-6-8-17(19)20/h6-10,12-13,24H,5,11,14H2,1-4H3. The van der Waals surface area contributed by atoms with Gasteiger partial charge in [0.25, 0.3) is 5.56 Å². The number of carbonyl (C=O) groups is 1. The van der Waals surface area contributed by atoms with E-state index in [1.165, 1.54) is 6.20 Å². The molecule has 0 saturated heterocycles.